The van der Waals surface area contributed by atoms with E-state index < -0.39 is 15.9 Å². The van der Waals surface area contributed by atoms with Crippen molar-refractivity contribution in [1.29, 1.82) is 0 Å². The van der Waals surface area contributed by atoms with Crippen molar-refractivity contribution in [2.75, 3.05) is 6.26 Å². The number of hydrogen-bond donors (Lipinski definition) is 1. The summed E-state index contributed by atoms with van der Waals surface area (Å²) in [6.07, 6.45) is 2.53. The van der Waals surface area contributed by atoms with E-state index in [0.29, 0.717) is 16.3 Å². The molecule has 0 unspecified atom stereocenters. The fourth-order valence-electron chi connectivity index (χ4n) is 2.53. The Bertz CT molecular complexity index is 1080. The highest BCUT2D eigenvalue weighted by Gasteiger charge is 2.17. The highest BCUT2D eigenvalue weighted by molar-refractivity contribution is 9.10. The lowest BCUT2D eigenvalue weighted by Gasteiger charge is -2.04. The largest absolute Gasteiger partial charge is 0.274 e. The van der Waals surface area contributed by atoms with Gasteiger partial charge >= 0.3 is 0 Å². The summed E-state index contributed by atoms with van der Waals surface area (Å²) < 4.78 is 27.2. The smallest absolute Gasteiger partial charge is 0.237 e. The molecule has 2 aromatic carbocycles. The van der Waals surface area contributed by atoms with Gasteiger partial charge in [0.25, 0.3) is 0 Å². The third-order valence-corrected chi connectivity index (χ3v) is 5.03. The van der Waals surface area contributed by atoms with E-state index in [1.54, 1.807) is 35.1 Å². The molecule has 0 aliphatic carbocycles. The highest BCUT2D eigenvalue weighted by Crippen LogP contribution is 2.26. The molecule has 1 amide bonds. The van der Waals surface area contributed by atoms with Crippen LogP contribution in [0.2, 0.25) is 5.02 Å². The first-order valence-electron chi connectivity index (χ1n) is 7.82. The third kappa shape index (κ3) is 5.18. The van der Waals surface area contributed by atoms with E-state index in [-0.39, 0.29) is 6.42 Å². The molecule has 0 spiro atoms. The summed E-state index contributed by atoms with van der Waals surface area (Å²) in [5, 5.41) is 5.17. The first-order valence-corrected chi connectivity index (χ1v) is 10.9. The van der Waals surface area contributed by atoms with Crippen molar-refractivity contribution >= 4 is 43.5 Å². The summed E-state index contributed by atoms with van der Waals surface area (Å²) in [7, 11) is -3.63. The lowest BCUT2D eigenvalue weighted by molar-refractivity contribution is -0.118. The number of carbonyl (C=O) groups excluding carboxylic acids is 1. The molecule has 9 heteroatoms. The standard InChI is InChI=1S/C18H15BrClN3O3S/c1-27(25,26)22-17(24)10-13-11-23(16-8-4-14(19)5-9-16)21-18(13)12-2-6-15(20)7-3-12/h2-9,11H,10H2,1H3,(H,22,24). The number of benzene rings is 2. The van der Waals surface area contributed by atoms with Crippen molar-refractivity contribution in [3.8, 4) is 16.9 Å². The van der Waals surface area contributed by atoms with E-state index in [1.165, 1.54) is 0 Å². The quantitative estimate of drug-likeness (QED) is 0.621. The maximum atomic E-state index is 12.1. The normalized spacial score (nSPS) is 11.4. The minimum atomic E-state index is -3.63. The summed E-state index contributed by atoms with van der Waals surface area (Å²) >= 11 is 9.34. The third-order valence-electron chi connectivity index (χ3n) is 3.65. The van der Waals surface area contributed by atoms with Gasteiger partial charge in [-0.15, -0.1) is 0 Å². The second-order valence-electron chi connectivity index (χ2n) is 5.91. The minimum Gasteiger partial charge on any atom is -0.274 e. The number of halogens is 2. The Morgan fingerprint density at radius 3 is 2.37 bits per heavy atom. The van der Waals surface area contributed by atoms with Crippen LogP contribution >= 0.6 is 27.5 Å². The summed E-state index contributed by atoms with van der Waals surface area (Å²) in [4.78, 5) is 12.1. The summed E-state index contributed by atoms with van der Waals surface area (Å²) in [5.74, 6) is -0.622. The Labute approximate surface area is 170 Å². The fraction of sp³-hybridized carbons (Fsp3) is 0.111. The van der Waals surface area contributed by atoms with Gasteiger partial charge in [-0.05, 0) is 36.4 Å². The second-order valence-corrected chi connectivity index (χ2v) is 9.01. The van der Waals surface area contributed by atoms with E-state index in [9.17, 15) is 13.2 Å². The Morgan fingerprint density at radius 2 is 1.78 bits per heavy atom. The summed E-state index contributed by atoms with van der Waals surface area (Å²) in [6, 6.07) is 14.6. The van der Waals surface area contributed by atoms with Gasteiger partial charge in [0, 0.05) is 26.8 Å². The Hall–Kier alpha value is -2.16. The zero-order valence-electron chi connectivity index (χ0n) is 14.2. The van der Waals surface area contributed by atoms with E-state index in [2.05, 4.69) is 21.0 Å². The van der Waals surface area contributed by atoms with Crippen LogP contribution in [-0.4, -0.2) is 30.4 Å². The molecule has 0 fully saturated rings. The summed E-state index contributed by atoms with van der Waals surface area (Å²) in [5.41, 5.74) is 2.76. The number of nitrogens with zero attached hydrogens (tertiary/aromatic N) is 2. The lowest BCUT2D eigenvalue weighted by Crippen LogP contribution is -2.30. The van der Waals surface area contributed by atoms with Gasteiger partial charge in [-0.3, -0.25) is 9.52 Å². The predicted molar refractivity (Wildman–Crippen MR) is 108 cm³/mol. The molecule has 0 bridgehead atoms. The molecule has 0 saturated heterocycles. The van der Waals surface area contributed by atoms with Crippen LogP contribution in [0.3, 0.4) is 0 Å². The van der Waals surface area contributed by atoms with Crippen LogP contribution < -0.4 is 4.72 Å². The molecule has 27 heavy (non-hydrogen) atoms. The Morgan fingerprint density at radius 1 is 1.15 bits per heavy atom. The maximum absolute atomic E-state index is 12.1. The molecular weight excluding hydrogens is 454 g/mol. The number of sulfonamides is 1. The monoisotopic (exact) mass is 467 g/mol. The number of amides is 1. The molecular formula is C18H15BrClN3O3S. The van der Waals surface area contributed by atoms with E-state index in [0.717, 1.165) is 22.0 Å². The number of nitrogens with one attached hydrogen (secondary N) is 1. The van der Waals surface area contributed by atoms with Gasteiger partial charge in [-0.1, -0.05) is 39.7 Å². The first kappa shape index (κ1) is 19.6. The molecule has 140 valence electrons. The zero-order valence-corrected chi connectivity index (χ0v) is 17.3. The molecule has 6 nitrogen and oxygen atoms in total. The maximum Gasteiger partial charge on any atom is 0.237 e. The topological polar surface area (TPSA) is 81.1 Å². The average Bonchev–Trinajstić information content (AvgIpc) is 2.98. The van der Waals surface area contributed by atoms with Gasteiger partial charge in [-0.25, -0.2) is 13.1 Å². The lowest BCUT2D eigenvalue weighted by atomic mass is 10.1. The number of hydrogen-bond acceptors (Lipinski definition) is 4. The van der Waals surface area contributed by atoms with E-state index >= 15 is 0 Å². The van der Waals surface area contributed by atoms with Crippen LogP contribution in [0, 0.1) is 0 Å². The van der Waals surface area contributed by atoms with Crippen molar-refractivity contribution in [2.45, 2.75) is 6.42 Å². The van der Waals surface area contributed by atoms with Gasteiger partial charge in [0.15, 0.2) is 0 Å². The van der Waals surface area contributed by atoms with Crippen molar-refractivity contribution in [2.24, 2.45) is 0 Å². The van der Waals surface area contributed by atoms with Crippen LogP contribution in [0.25, 0.3) is 16.9 Å². The number of rotatable bonds is 5. The molecule has 3 rings (SSSR count). The number of carbonyl (C=O) groups is 1. The van der Waals surface area contributed by atoms with Crippen LogP contribution in [-0.2, 0) is 21.2 Å². The van der Waals surface area contributed by atoms with Gasteiger partial charge in [0.05, 0.1) is 24.1 Å². The van der Waals surface area contributed by atoms with E-state index in [1.807, 2.05) is 29.0 Å². The van der Waals surface area contributed by atoms with Crippen LogP contribution in [0.15, 0.2) is 59.2 Å². The Balaban J connectivity index is 2.02. The molecule has 0 aliphatic rings. The molecule has 0 radical (unpaired) electrons. The molecule has 0 aliphatic heterocycles. The van der Waals surface area contributed by atoms with Gasteiger partial charge in [0.2, 0.25) is 15.9 Å². The van der Waals surface area contributed by atoms with Crippen molar-refractivity contribution in [1.82, 2.24) is 14.5 Å². The van der Waals surface area contributed by atoms with Crippen LogP contribution in [0.4, 0.5) is 0 Å². The second kappa shape index (κ2) is 7.84. The molecule has 3 aromatic rings. The fourth-order valence-corrected chi connectivity index (χ4v) is 3.41. The zero-order chi connectivity index (χ0) is 19.6. The molecule has 1 N–H and O–H groups in total. The van der Waals surface area contributed by atoms with Gasteiger partial charge < -0.3 is 0 Å². The summed E-state index contributed by atoms with van der Waals surface area (Å²) in [6.45, 7) is 0. The highest BCUT2D eigenvalue weighted by atomic mass is 79.9. The SMILES string of the molecule is CS(=O)(=O)NC(=O)Cc1cn(-c2ccc(Br)cc2)nc1-c1ccc(Cl)cc1. The Kier molecular flexibility index (Phi) is 5.69. The van der Waals surface area contributed by atoms with Gasteiger partial charge in [-0.2, -0.15) is 5.10 Å². The first-order chi connectivity index (χ1) is 12.7. The van der Waals surface area contributed by atoms with Crippen molar-refractivity contribution in [3.63, 3.8) is 0 Å². The van der Waals surface area contributed by atoms with Crippen molar-refractivity contribution in [3.05, 3.63) is 69.8 Å². The van der Waals surface area contributed by atoms with Gasteiger partial charge in [0.1, 0.15) is 0 Å². The molecule has 1 aromatic heterocycles. The molecule has 0 saturated carbocycles. The van der Waals surface area contributed by atoms with Crippen LogP contribution in [0.5, 0.6) is 0 Å². The van der Waals surface area contributed by atoms with Crippen molar-refractivity contribution < 1.29 is 13.2 Å². The minimum absolute atomic E-state index is 0.123. The predicted octanol–water partition coefficient (Wildman–Crippen LogP) is 3.57. The molecule has 1 heterocycles. The number of aromatic nitrogens is 2. The average molecular weight is 469 g/mol. The molecule has 0 atom stereocenters. The van der Waals surface area contributed by atoms with E-state index in [4.69, 9.17) is 11.6 Å². The van der Waals surface area contributed by atoms with Crippen LogP contribution in [0.1, 0.15) is 5.56 Å².